The molecular formula is C23H35FInN3O4. The molecule has 3 aliphatic rings. The number of nitrogens with two attached hydrogens (primary N) is 1. The second kappa shape index (κ2) is 8.85. The van der Waals surface area contributed by atoms with E-state index in [-0.39, 0.29) is 24.2 Å². The Bertz CT molecular complexity index is 900. The standard InChI is InChI=1S/C23H35FN3O4.In/c1-7-26(8-2)9-10-27-15(6)19(21(25)29)14(5)20(27)17-11-16(28)12-18(24)23(17,13(3)4)22(30)31;/h13-15,19H,7-10,12H2,1-6H3,(H2,25,29)(H,30,31);/b20-17+;. The van der Waals surface area contributed by atoms with Crippen LogP contribution in [0.5, 0.6) is 0 Å². The summed E-state index contributed by atoms with van der Waals surface area (Å²) in [5.74, 6) is -3.31. The van der Waals surface area contributed by atoms with Gasteiger partial charge in [-0.1, -0.05) is 0 Å². The van der Waals surface area contributed by atoms with Crippen molar-refractivity contribution in [3.63, 3.8) is 0 Å². The summed E-state index contributed by atoms with van der Waals surface area (Å²) < 4.78 is 14.9. The molecule has 0 aliphatic carbocycles. The third-order valence-electron chi connectivity index (χ3n) is 8.04. The molecule has 5 unspecified atom stereocenters. The number of likely N-dealkylation sites (tertiary alicyclic amines) is 1. The molecule has 1 saturated heterocycles. The average molecular weight is 551 g/mol. The maximum absolute atomic E-state index is 16.4. The van der Waals surface area contributed by atoms with E-state index in [1.807, 2.05) is 13.8 Å². The van der Waals surface area contributed by atoms with Gasteiger partial charge in [0.15, 0.2) is 0 Å². The van der Waals surface area contributed by atoms with Gasteiger partial charge in [-0.3, -0.25) is 0 Å². The molecule has 3 aliphatic heterocycles. The number of primary amides is 1. The van der Waals surface area contributed by atoms with Crippen molar-refractivity contribution >= 4 is 43.3 Å². The normalized spacial score (nSPS) is 36.3. The summed E-state index contributed by atoms with van der Waals surface area (Å²) in [6.45, 7) is 14.4. The van der Waals surface area contributed by atoms with Crippen LogP contribution in [0.15, 0.2) is 11.3 Å². The predicted molar refractivity (Wildman–Crippen MR) is 122 cm³/mol. The Labute approximate surface area is 200 Å². The van der Waals surface area contributed by atoms with Crippen molar-refractivity contribution < 1.29 is 23.9 Å². The molecule has 0 spiro atoms. The number of hydrogen-bond acceptors (Lipinski definition) is 5. The number of Topliss-reactive ketones (excluding diaryl/α,β-unsaturated/α-hetero) is 1. The number of carbonyl (C=O) groups is 3. The Morgan fingerprint density at radius 1 is 1.31 bits per heavy atom. The van der Waals surface area contributed by atoms with Crippen LogP contribution in [-0.2, 0) is 14.4 Å². The van der Waals surface area contributed by atoms with E-state index in [0.717, 1.165) is 19.6 Å². The van der Waals surface area contributed by atoms with Crippen molar-refractivity contribution in [1.29, 1.82) is 0 Å². The van der Waals surface area contributed by atoms with Crippen LogP contribution in [-0.4, -0.2) is 93.9 Å². The van der Waals surface area contributed by atoms with Gasteiger partial charge in [0, 0.05) is 0 Å². The molecule has 1 amide bonds. The molecule has 3 N–H and O–H groups in total. The van der Waals surface area contributed by atoms with Crippen molar-refractivity contribution in [1.82, 2.24) is 9.80 Å². The fourth-order valence-electron chi connectivity index (χ4n) is 6.45. The second-order valence-electron chi connectivity index (χ2n) is 9.73. The number of rotatable bonds is 8. The van der Waals surface area contributed by atoms with Gasteiger partial charge in [-0.05, 0) is 0 Å². The van der Waals surface area contributed by atoms with Crippen molar-refractivity contribution in [2.75, 3.05) is 26.2 Å². The molecular weight excluding hydrogens is 516 g/mol. The molecule has 3 heterocycles. The Morgan fingerprint density at radius 2 is 1.91 bits per heavy atom. The summed E-state index contributed by atoms with van der Waals surface area (Å²) in [6, 6.07) is -0.252. The van der Waals surface area contributed by atoms with Gasteiger partial charge in [-0.2, -0.15) is 0 Å². The number of halogens is 1. The molecule has 0 aromatic rings. The fourth-order valence-corrected chi connectivity index (χ4v) is 13.2. The molecule has 0 radical (unpaired) electrons. The van der Waals surface area contributed by atoms with Gasteiger partial charge in [0.05, 0.1) is 0 Å². The van der Waals surface area contributed by atoms with E-state index < -0.39 is 55.0 Å². The summed E-state index contributed by atoms with van der Waals surface area (Å²) in [7, 11) is 0. The van der Waals surface area contributed by atoms with Gasteiger partial charge in [-0.15, -0.1) is 0 Å². The van der Waals surface area contributed by atoms with Crippen LogP contribution in [0, 0.1) is 23.2 Å². The zero-order valence-corrected chi connectivity index (χ0v) is 23.2. The molecule has 0 saturated carbocycles. The summed E-state index contributed by atoms with van der Waals surface area (Å²) in [6.07, 6.45) is -0.312. The average Bonchev–Trinajstić information content (AvgIpc) is 3.23. The van der Waals surface area contributed by atoms with E-state index in [9.17, 15) is 19.5 Å². The number of ketones is 1. The van der Waals surface area contributed by atoms with Crippen LogP contribution in [0.1, 0.15) is 48.0 Å². The molecule has 0 aromatic heterocycles. The first kappa shape index (κ1) is 25.4. The van der Waals surface area contributed by atoms with Gasteiger partial charge in [-0.25, -0.2) is 0 Å². The molecule has 5 atom stereocenters. The van der Waals surface area contributed by atoms with Gasteiger partial charge in [0.1, 0.15) is 0 Å². The van der Waals surface area contributed by atoms with E-state index in [2.05, 4.69) is 23.6 Å². The van der Waals surface area contributed by atoms with Gasteiger partial charge < -0.3 is 0 Å². The Morgan fingerprint density at radius 3 is 2.38 bits per heavy atom. The van der Waals surface area contributed by atoms with Gasteiger partial charge in [0.2, 0.25) is 0 Å². The van der Waals surface area contributed by atoms with Crippen molar-refractivity contribution in [3.05, 3.63) is 11.3 Å². The van der Waals surface area contributed by atoms with Crippen molar-refractivity contribution in [2.24, 2.45) is 28.9 Å². The van der Waals surface area contributed by atoms with Crippen molar-refractivity contribution in [2.45, 2.75) is 57.4 Å². The van der Waals surface area contributed by atoms with Crippen LogP contribution in [0.4, 0.5) is 4.39 Å². The number of carboxylic acid groups (broad SMARTS) is 1. The number of likely N-dealkylation sites (N-methyl/N-ethyl adjacent to an activating group) is 1. The Kier molecular flexibility index (Phi) is 7.03. The predicted octanol–water partition coefficient (Wildman–Crippen LogP) is 1.28. The summed E-state index contributed by atoms with van der Waals surface area (Å²) in [5, 5.41) is 10.5. The Balaban J connectivity index is 2.27. The number of allylic oxidation sites excluding steroid dienone is 1. The summed E-state index contributed by atoms with van der Waals surface area (Å²) in [4.78, 5) is 42.4. The van der Waals surface area contributed by atoms with Crippen LogP contribution < -0.4 is 5.73 Å². The first-order valence-corrected chi connectivity index (χ1v) is 14.9. The molecule has 7 nitrogen and oxygen atoms in total. The molecule has 3 rings (SSSR count). The first-order valence-electron chi connectivity index (χ1n) is 11.6. The topological polar surface area (TPSA) is 104 Å². The number of carboxylic acids is 1. The monoisotopic (exact) mass is 551 g/mol. The quantitative estimate of drug-likeness (QED) is 0.472. The maximum atomic E-state index is 16.4. The van der Waals surface area contributed by atoms with Crippen LogP contribution in [0.25, 0.3) is 0 Å². The number of nitrogens with zero attached hydrogens (tertiary/aromatic N) is 2. The fraction of sp³-hybridized carbons (Fsp3) is 0.739. The number of hydrogen-bond donors (Lipinski definition) is 2. The van der Waals surface area contributed by atoms with Gasteiger partial charge in [0.25, 0.3) is 0 Å². The zero-order valence-electron chi connectivity index (χ0n) is 19.9. The summed E-state index contributed by atoms with van der Waals surface area (Å²) >= 11 is -2.31. The van der Waals surface area contributed by atoms with E-state index >= 15 is 4.39 Å². The Hall–Kier alpha value is -1.22. The van der Waals surface area contributed by atoms with E-state index in [1.165, 1.54) is 0 Å². The number of carbonyl (C=O) groups excluding carboxylic acids is 2. The van der Waals surface area contributed by atoms with Gasteiger partial charge >= 0.3 is 201 Å². The number of aliphatic carboxylic acids is 1. The van der Waals surface area contributed by atoms with Crippen LogP contribution in [0.2, 0.25) is 0 Å². The molecule has 9 heteroatoms. The number of amides is 1. The molecule has 176 valence electrons. The molecule has 32 heavy (non-hydrogen) atoms. The summed E-state index contributed by atoms with van der Waals surface area (Å²) in [5.41, 5.74) is 5.10. The SMILES string of the molecule is CCN(CC)CCN1/C(=C2\[C]3=[In][C](F)(CC3=O)C2(C(=O)O)C(C)C)C(C)C(C(N)=O)C1C. The molecule has 2 bridgehead atoms. The molecule has 0 aromatic carbocycles. The third-order valence-corrected chi connectivity index (χ3v) is 13.8. The first-order chi connectivity index (χ1) is 14.9. The van der Waals surface area contributed by atoms with Crippen LogP contribution in [0.3, 0.4) is 0 Å². The van der Waals surface area contributed by atoms with Crippen molar-refractivity contribution in [3.8, 4) is 0 Å². The minimum atomic E-state index is -2.31. The number of fused-ring (bicyclic) bond motifs is 1. The molecule has 1 fully saturated rings. The van der Waals surface area contributed by atoms with E-state index in [1.54, 1.807) is 13.8 Å². The number of alkyl halides is 1. The third kappa shape index (κ3) is 3.40. The van der Waals surface area contributed by atoms with E-state index in [0.29, 0.717) is 21.1 Å². The van der Waals surface area contributed by atoms with E-state index in [4.69, 9.17) is 5.73 Å². The van der Waals surface area contributed by atoms with Crippen LogP contribution >= 0.6 is 0 Å². The minimum absolute atomic E-state index is 0.236. The second-order valence-corrected chi connectivity index (χ2v) is 14.8. The zero-order chi connectivity index (χ0) is 24.2.